The number of hydrogen-bond donors (Lipinski definition) is 1. The number of halogens is 1. The molecule has 1 N–H and O–H groups in total. The molecule has 4 atom stereocenters. The fourth-order valence-electron chi connectivity index (χ4n) is 7.18. The lowest BCUT2D eigenvalue weighted by atomic mass is 9.73. The first-order valence-corrected chi connectivity index (χ1v) is 15.1. The van der Waals surface area contributed by atoms with Crippen molar-refractivity contribution in [2.75, 3.05) is 13.7 Å². The molecule has 4 nitrogen and oxygen atoms in total. The van der Waals surface area contributed by atoms with Gasteiger partial charge in [0.15, 0.2) is 0 Å². The Morgan fingerprint density at radius 3 is 2.65 bits per heavy atom. The van der Waals surface area contributed by atoms with Gasteiger partial charge in [-0.05, 0) is 96.5 Å². The van der Waals surface area contributed by atoms with Crippen molar-refractivity contribution >= 4 is 11.5 Å². The third kappa shape index (κ3) is 5.70. The molecule has 5 heteroatoms. The van der Waals surface area contributed by atoms with Crippen molar-refractivity contribution < 1.29 is 23.8 Å². The molecule has 214 valence electrons. The number of aryl methyl sites for hydroxylation is 1. The maximum absolute atomic E-state index is 15.1. The van der Waals surface area contributed by atoms with Crippen molar-refractivity contribution in [1.82, 2.24) is 0 Å². The van der Waals surface area contributed by atoms with Crippen LogP contribution in [0, 0.1) is 23.6 Å². The number of benzene rings is 2. The second-order valence-electron chi connectivity index (χ2n) is 12.0. The summed E-state index contributed by atoms with van der Waals surface area (Å²) in [5, 5.41) is 9.59. The van der Waals surface area contributed by atoms with Crippen LogP contribution in [0.3, 0.4) is 0 Å². The van der Waals surface area contributed by atoms with Gasteiger partial charge in [0.1, 0.15) is 23.9 Å². The van der Waals surface area contributed by atoms with Crippen LogP contribution >= 0.6 is 0 Å². The lowest BCUT2D eigenvalue weighted by Gasteiger charge is -2.32. The van der Waals surface area contributed by atoms with Crippen molar-refractivity contribution in [1.29, 1.82) is 0 Å². The summed E-state index contributed by atoms with van der Waals surface area (Å²) in [6.45, 7) is 4.96. The molecule has 2 aromatic rings. The molecule has 3 aliphatic rings. The molecule has 1 fully saturated rings. The summed E-state index contributed by atoms with van der Waals surface area (Å²) in [7, 11) is 1.62. The van der Waals surface area contributed by atoms with Gasteiger partial charge in [-0.1, -0.05) is 64.2 Å². The molecule has 3 aliphatic carbocycles. The number of methoxy groups -OCH3 is 1. The van der Waals surface area contributed by atoms with Gasteiger partial charge in [-0.3, -0.25) is 4.79 Å². The summed E-state index contributed by atoms with van der Waals surface area (Å²) in [6, 6.07) is 11.2. The van der Waals surface area contributed by atoms with Gasteiger partial charge in [-0.2, -0.15) is 0 Å². The average Bonchev–Trinajstić information content (AvgIpc) is 3.61. The maximum atomic E-state index is 15.1. The molecule has 0 amide bonds. The van der Waals surface area contributed by atoms with Crippen LogP contribution in [0.2, 0.25) is 0 Å². The normalized spacial score (nSPS) is 23.8. The van der Waals surface area contributed by atoms with Crippen LogP contribution in [0.25, 0.3) is 5.57 Å². The molecule has 1 unspecified atom stereocenters. The molecular formula is C35H43FO4. The van der Waals surface area contributed by atoms with Gasteiger partial charge >= 0.3 is 5.97 Å². The summed E-state index contributed by atoms with van der Waals surface area (Å²) in [5.41, 5.74) is 5.12. The number of ether oxygens (including phenoxy) is 2. The van der Waals surface area contributed by atoms with Gasteiger partial charge < -0.3 is 14.6 Å². The first-order chi connectivity index (χ1) is 19.4. The Kier molecular flexibility index (Phi) is 8.68. The Hall–Kier alpha value is -3.08. The van der Waals surface area contributed by atoms with Crippen molar-refractivity contribution in [2.45, 2.75) is 83.5 Å². The van der Waals surface area contributed by atoms with Crippen molar-refractivity contribution in [3.05, 3.63) is 76.6 Å². The Bertz CT molecular complexity index is 1290. The molecule has 0 aromatic heterocycles. The van der Waals surface area contributed by atoms with E-state index >= 15 is 4.39 Å². The fraction of sp³-hybridized carbons (Fsp3) is 0.514. The van der Waals surface area contributed by atoms with Gasteiger partial charge in [0.25, 0.3) is 0 Å². The first-order valence-electron chi connectivity index (χ1n) is 15.1. The summed E-state index contributed by atoms with van der Waals surface area (Å²) in [6.07, 6.45) is 14.7. The van der Waals surface area contributed by atoms with Gasteiger partial charge in [-0.25, -0.2) is 4.39 Å². The highest BCUT2D eigenvalue weighted by atomic mass is 19.1. The molecule has 0 bridgehead atoms. The third-order valence-corrected chi connectivity index (χ3v) is 9.64. The Morgan fingerprint density at radius 2 is 1.93 bits per heavy atom. The molecule has 0 radical (unpaired) electrons. The quantitative estimate of drug-likeness (QED) is 0.256. The van der Waals surface area contributed by atoms with E-state index in [2.05, 4.69) is 38.1 Å². The zero-order valence-electron chi connectivity index (χ0n) is 24.2. The van der Waals surface area contributed by atoms with Crippen LogP contribution < -0.4 is 9.47 Å². The number of allylic oxidation sites excluding steroid dienone is 3. The van der Waals surface area contributed by atoms with Crippen LogP contribution in [-0.2, 0) is 16.6 Å². The van der Waals surface area contributed by atoms with E-state index in [0.29, 0.717) is 23.8 Å². The van der Waals surface area contributed by atoms with Crippen LogP contribution in [0.15, 0.2) is 54.1 Å². The van der Waals surface area contributed by atoms with E-state index in [1.165, 1.54) is 48.4 Å². The smallest absolute Gasteiger partial charge is 0.307 e. The van der Waals surface area contributed by atoms with Crippen LogP contribution in [0.5, 0.6) is 11.5 Å². The number of aliphatic carboxylic acids is 1. The molecule has 0 aliphatic heterocycles. The Balaban J connectivity index is 1.36. The van der Waals surface area contributed by atoms with Crippen LogP contribution in [0.1, 0.15) is 88.3 Å². The lowest BCUT2D eigenvalue weighted by molar-refractivity contribution is -0.139. The summed E-state index contributed by atoms with van der Waals surface area (Å²) >= 11 is 0. The first kappa shape index (κ1) is 28.4. The highest BCUT2D eigenvalue weighted by molar-refractivity contribution is 5.78. The van der Waals surface area contributed by atoms with E-state index in [1.807, 2.05) is 12.1 Å². The fourth-order valence-corrected chi connectivity index (χ4v) is 7.18. The Labute approximate surface area is 238 Å². The SMILES string of the molecule is CCCCCC[C@@H](CC)C1CC(COc2ccc3c(c2)[C@]2(CC3)C[C@H]2C(=O)O)=CC=C1c1cc(OC)ccc1F. The molecule has 1 saturated carbocycles. The zero-order chi connectivity index (χ0) is 28.3. The van der Waals surface area contributed by atoms with Gasteiger partial charge in [0, 0.05) is 11.0 Å². The van der Waals surface area contributed by atoms with Crippen molar-refractivity contribution in [3.63, 3.8) is 0 Å². The van der Waals surface area contributed by atoms with E-state index in [4.69, 9.17) is 9.47 Å². The van der Waals surface area contributed by atoms with E-state index in [-0.39, 0.29) is 23.1 Å². The van der Waals surface area contributed by atoms with Gasteiger partial charge in [-0.15, -0.1) is 0 Å². The number of carbonyl (C=O) groups is 1. The molecular weight excluding hydrogens is 503 g/mol. The zero-order valence-corrected chi connectivity index (χ0v) is 24.2. The monoisotopic (exact) mass is 546 g/mol. The number of carboxylic acids is 1. The van der Waals surface area contributed by atoms with Crippen molar-refractivity contribution in [2.24, 2.45) is 17.8 Å². The molecule has 2 aromatic carbocycles. The standard InChI is InChI=1S/C35H43FO4/c1-4-6-7-8-9-24(5-2)29-18-23(10-14-28(29)30-19-26(39-3)13-15-33(30)36)22-40-27-12-11-25-16-17-35(31(25)20-27)21-32(35)34(37)38/h10-15,19-20,24,29,32H,4-9,16-18,21-22H2,1-3H3,(H,37,38)/t24-,29?,32+,35+/m1/s1. The maximum Gasteiger partial charge on any atom is 0.307 e. The third-order valence-electron chi connectivity index (χ3n) is 9.64. The number of fused-ring (bicyclic) bond motifs is 2. The summed E-state index contributed by atoms with van der Waals surface area (Å²) in [4.78, 5) is 11.7. The lowest BCUT2D eigenvalue weighted by Crippen LogP contribution is -2.21. The molecule has 0 saturated heterocycles. The minimum absolute atomic E-state index is 0.194. The van der Waals surface area contributed by atoms with Crippen molar-refractivity contribution in [3.8, 4) is 11.5 Å². The van der Waals surface area contributed by atoms with E-state index < -0.39 is 5.97 Å². The molecule has 1 spiro atoms. The predicted molar refractivity (Wildman–Crippen MR) is 157 cm³/mol. The van der Waals surface area contributed by atoms with Gasteiger partial charge in [0.2, 0.25) is 0 Å². The highest BCUT2D eigenvalue weighted by Crippen LogP contribution is 2.62. The summed E-state index contributed by atoms with van der Waals surface area (Å²) in [5.74, 6) is 0.970. The van der Waals surface area contributed by atoms with E-state index in [0.717, 1.165) is 49.8 Å². The van der Waals surface area contributed by atoms with E-state index in [1.54, 1.807) is 13.2 Å². The van der Waals surface area contributed by atoms with Crippen LogP contribution in [0.4, 0.5) is 4.39 Å². The molecule has 40 heavy (non-hydrogen) atoms. The predicted octanol–water partition coefficient (Wildman–Crippen LogP) is 8.53. The van der Waals surface area contributed by atoms with Crippen LogP contribution in [-0.4, -0.2) is 24.8 Å². The summed E-state index contributed by atoms with van der Waals surface area (Å²) < 4.78 is 26.9. The Morgan fingerprint density at radius 1 is 1.10 bits per heavy atom. The number of hydrogen-bond acceptors (Lipinski definition) is 3. The topological polar surface area (TPSA) is 55.8 Å². The number of unbranched alkanes of at least 4 members (excludes halogenated alkanes) is 3. The number of carboxylic acid groups (broad SMARTS) is 1. The largest absolute Gasteiger partial charge is 0.497 e. The molecule has 0 heterocycles. The molecule has 5 rings (SSSR count). The van der Waals surface area contributed by atoms with Gasteiger partial charge in [0.05, 0.1) is 13.0 Å². The van der Waals surface area contributed by atoms with E-state index in [9.17, 15) is 9.90 Å². The minimum atomic E-state index is -0.687. The highest BCUT2D eigenvalue weighted by Gasteiger charge is 2.61. The second kappa shape index (κ2) is 12.2. The number of rotatable bonds is 13. The second-order valence-corrected chi connectivity index (χ2v) is 12.0. The minimum Gasteiger partial charge on any atom is -0.497 e. The average molecular weight is 547 g/mol.